The first kappa shape index (κ1) is 21.9. The van der Waals surface area contributed by atoms with Crippen LogP contribution in [0.5, 0.6) is 0 Å². The summed E-state index contributed by atoms with van der Waals surface area (Å²) in [7, 11) is 1.67. The molecular weight excluding hydrogens is 400 g/mol. The van der Waals surface area contributed by atoms with Gasteiger partial charge in [0.1, 0.15) is 16.8 Å². The first-order valence-corrected chi connectivity index (χ1v) is 10.0. The first-order chi connectivity index (χ1) is 13.1. The van der Waals surface area contributed by atoms with Crippen molar-refractivity contribution in [3.05, 3.63) is 32.5 Å². The van der Waals surface area contributed by atoms with E-state index < -0.39 is 6.16 Å². The molecule has 0 amide bonds. The van der Waals surface area contributed by atoms with E-state index in [1.54, 1.807) is 19.4 Å². The minimum absolute atomic E-state index is 0.00929. The topological polar surface area (TPSA) is 90.0 Å². The fourth-order valence-corrected chi connectivity index (χ4v) is 3.53. The van der Waals surface area contributed by atoms with Gasteiger partial charge in [0.15, 0.2) is 5.76 Å². The zero-order chi connectivity index (χ0) is 21.1. The van der Waals surface area contributed by atoms with Crippen LogP contribution in [0.15, 0.2) is 5.38 Å². The molecule has 0 unspecified atom stereocenters. The van der Waals surface area contributed by atoms with Gasteiger partial charge >= 0.3 is 6.16 Å². The molecule has 2 aromatic heterocycles. The van der Waals surface area contributed by atoms with Crippen molar-refractivity contribution < 1.29 is 14.3 Å². The molecule has 0 aliphatic rings. The molecule has 0 saturated carbocycles. The second-order valence-corrected chi connectivity index (χ2v) is 8.40. The molecule has 28 heavy (non-hydrogen) atoms. The van der Waals surface area contributed by atoms with Crippen molar-refractivity contribution >= 4 is 40.4 Å². The van der Waals surface area contributed by atoms with Gasteiger partial charge in [-0.25, -0.2) is 9.78 Å². The molecule has 0 radical (unpaired) electrons. The molecule has 0 spiro atoms. The average Bonchev–Trinajstić information content (AvgIpc) is 3.18. The Balaban J connectivity index is 2.65. The summed E-state index contributed by atoms with van der Waals surface area (Å²) in [4.78, 5) is 16.7. The minimum atomic E-state index is -0.907. The highest BCUT2D eigenvalue weighted by molar-refractivity contribution is 7.10. The molecule has 2 heterocycles. The van der Waals surface area contributed by atoms with Gasteiger partial charge < -0.3 is 9.47 Å². The number of aromatic nitrogens is 3. The highest BCUT2D eigenvalue weighted by Crippen LogP contribution is 2.35. The van der Waals surface area contributed by atoms with Crippen LogP contribution in [0.25, 0.3) is 11.3 Å². The van der Waals surface area contributed by atoms with Crippen molar-refractivity contribution in [3.63, 3.8) is 0 Å². The summed E-state index contributed by atoms with van der Waals surface area (Å²) in [6, 6.07) is 2.10. The summed E-state index contributed by atoms with van der Waals surface area (Å²) in [5.74, 6) is -0.00929. The van der Waals surface area contributed by atoms with Gasteiger partial charge in [-0.3, -0.25) is 4.68 Å². The Hall–Kier alpha value is -2.37. The van der Waals surface area contributed by atoms with Gasteiger partial charge in [-0.15, -0.1) is 11.3 Å². The molecule has 2 rings (SSSR count). The molecule has 0 aromatic carbocycles. The maximum absolute atomic E-state index is 12.2. The molecule has 0 atom stereocenters. The Morgan fingerprint density at radius 3 is 2.57 bits per heavy atom. The van der Waals surface area contributed by atoms with Crippen LogP contribution < -0.4 is 0 Å². The van der Waals surface area contributed by atoms with Gasteiger partial charge in [0.2, 0.25) is 0 Å². The number of nitriles is 1. The summed E-state index contributed by atoms with van der Waals surface area (Å²) in [5.41, 5.74) is 1.21. The van der Waals surface area contributed by atoms with E-state index >= 15 is 0 Å². The van der Waals surface area contributed by atoms with E-state index in [9.17, 15) is 10.1 Å². The van der Waals surface area contributed by atoms with Gasteiger partial charge in [-0.05, 0) is 13.3 Å². The van der Waals surface area contributed by atoms with Gasteiger partial charge in [0.05, 0.1) is 28.6 Å². The standard InChI is InChI=1S/C19H23ClN4O3S/c1-7-8-26-18(25)27-15(14-11(2)23-24(6)16(14)20)12(9-21)13-10-28-17(22-13)19(3,4)5/h10H,7-8H2,1-6H3. The summed E-state index contributed by atoms with van der Waals surface area (Å²) in [6.45, 7) is 9.90. The Labute approximate surface area is 173 Å². The van der Waals surface area contributed by atoms with Crippen LogP contribution in [0, 0.1) is 18.3 Å². The minimum Gasteiger partial charge on any atom is -0.434 e. The van der Waals surface area contributed by atoms with Crippen molar-refractivity contribution in [3.8, 4) is 6.07 Å². The van der Waals surface area contributed by atoms with E-state index in [-0.39, 0.29) is 28.5 Å². The highest BCUT2D eigenvalue weighted by atomic mass is 35.5. The van der Waals surface area contributed by atoms with E-state index in [1.807, 2.05) is 27.7 Å². The fourth-order valence-electron chi connectivity index (χ4n) is 2.37. The number of hydrogen-bond donors (Lipinski definition) is 0. The fraction of sp³-hybridized carbons (Fsp3) is 0.474. The quantitative estimate of drug-likeness (QED) is 0.378. The number of ether oxygens (including phenoxy) is 2. The molecular formula is C19H23ClN4O3S. The molecule has 7 nitrogen and oxygen atoms in total. The SMILES string of the molecule is CCCOC(=O)OC(=C(C#N)c1csc(C(C)(C)C)n1)c1c(C)nn(C)c1Cl. The molecule has 0 aliphatic heterocycles. The monoisotopic (exact) mass is 422 g/mol. The van der Waals surface area contributed by atoms with Crippen LogP contribution in [0.2, 0.25) is 5.15 Å². The van der Waals surface area contributed by atoms with Crippen LogP contribution in [0.3, 0.4) is 0 Å². The van der Waals surface area contributed by atoms with Crippen LogP contribution in [-0.2, 0) is 21.9 Å². The van der Waals surface area contributed by atoms with Crippen molar-refractivity contribution in [2.45, 2.75) is 46.5 Å². The lowest BCUT2D eigenvalue weighted by Crippen LogP contribution is -2.11. The molecule has 150 valence electrons. The Kier molecular flexibility index (Phi) is 6.86. The predicted molar refractivity (Wildman–Crippen MR) is 109 cm³/mol. The lowest BCUT2D eigenvalue weighted by atomic mass is 9.98. The van der Waals surface area contributed by atoms with Gasteiger partial charge in [-0.2, -0.15) is 10.4 Å². The Bertz CT molecular complexity index is 948. The van der Waals surface area contributed by atoms with Gasteiger partial charge in [0, 0.05) is 17.8 Å². The van der Waals surface area contributed by atoms with Crippen LogP contribution in [0.1, 0.15) is 56.1 Å². The smallest absolute Gasteiger partial charge is 0.434 e. The van der Waals surface area contributed by atoms with E-state index in [1.165, 1.54) is 16.0 Å². The van der Waals surface area contributed by atoms with Crippen molar-refractivity contribution in [2.75, 3.05) is 6.61 Å². The number of allylic oxidation sites excluding steroid dienone is 1. The lowest BCUT2D eigenvalue weighted by Gasteiger charge is -2.14. The number of aryl methyl sites for hydroxylation is 2. The largest absolute Gasteiger partial charge is 0.513 e. The summed E-state index contributed by atoms with van der Waals surface area (Å²) >= 11 is 7.81. The maximum atomic E-state index is 12.2. The molecule has 0 bridgehead atoms. The van der Waals surface area contributed by atoms with Crippen LogP contribution >= 0.6 is 22.9 Å². The average molecular weight is 423 g/mol. The van der Waals surface area contributed by atoms with E-state index in [0.29, 0.717) is 23.4 Å². The number of thiazole rings is 1. The van der Waals surface area contributed by atoms with Gasteiger partial charge in [0.25, 0.3) is 0 Å². The number of carbonyl (C=O) groups excluding carboxylic acids is 1. The molecule has 0 N–H and O–H groups in total. The predicted octanol–water partition coefficient (Wildman–Crippen LogP) is 5.09. The first-order valence-electron chi connectivity index (χ1n) is 8.75. The zero-order valence-electron chi connectivity index (χ0n) is 16.8. The van der Waals surface area contributed by atoms with Crippen molar-refractivity contribution in [1.82, 2.24) is 14.8 Å². The number of hydrogen-bond acceptors (Lipinski definition) is 7. The van der Waals surface area contributed by atoms with Crippen LogP contribution in [0.4, 0.5) is 4.79 Å². The lowest BCUT2D eigenvalue weighted by molar-refractivity contribution is 0.0908. The number of nitrogens with zero attached hydrogens (tertiary/aromatic N) is 4. The molecule has 0 aliphatic carbocycles. The van der Waals surface area contributed by atoms with Crippen LogP contribution in [-0.4, -0.2) is 27.5 Å². The molecule has 0 saturated heterocycles. The summed E-state index contributed by atoms with van der Waals surface area (Å²) in [5, 5.41) is 17.0. The second-order valence-electron chi connectivity index (χ2n) is 7.18. The van der Waals surface area contributed by atoms with E-state index in [0.717, 1.165) is 5.01 Å². The molecule has 9 heteroatoms. The normalized spacial score (nSPS) is 12.4. The number of halogens is 1. The van der Waals surface area contributed by atoms with Crippen molar-refractivity contribution in [1.29, 1.82) is 5.26 Å². The number of carbonyl (C=O) groups is 1. The Morgan fingerprint density at radius 2 is 2.11 bits per heavy atom. The molecule has 2 aromatic rings. The highest BCUT2D eigenvalue weighted by Gasteiger charge is 2.27. The number of rotatable bonds is 5. The van der Waals surface area contributed by atoms with Crippen molar-refractivity contribution in [2.24, 2.45) is 7.05 Å². The third-order valence-electron chi connectivity index (χ3n) is 3.73. The third kappa shape index (κ3) is 4.72. The molecule has 0 fully saturated rings. The maximum Gasteiger partial charge on any atom is 0.513 e. The Morgan fingerprint density at radius 1 is 1.43 bits per heavy atom. The van der Waals surface area contributed by atoms with E-state index in [2.05, 4.69) is 16.2 Å². The van der Waals surface area contributed by atoms with Gasteiger partial charge in [-0.1, -0.05) is 39.3 Å². The summed E-state index contributed by atoms with van der Waals surface area (Å²) < 4.78 is 11.9. The second kappa shape index (κ2) is 8.76. The van der Waals surface area contributed by atoms with E-state index in [4.69, 9.17) is 21.1 Å². The third-order valence-corrected chi connectivity index (χ3v) is 5.43. The summed E-state index contributed by atoms with van der Waals surface area (Å²) in [6.07, 6.45) is -0.261. The zero-order valence-corrected chi connectivity index (χ0v) is 18.4.